The summed E-state index contributed by atoms with van der Waals surface area (Å²) in [6.45, 7) is 0. The number of rotatable bonds is 4. The Balaban J connectivity index is 2.38. The highest BCUT2D eigenvalue weighted by molar-refractivity contribution is 6.19. The fourth-order valence-electron chi connectivity index (χ4n) is 1.54. The van der Waals surface area contributed by atoms with E-state index in [9.17, 15) is 4.79 Å². The second kappa shape index (κ2) is 6.12. The van der Waals surface area contributed by atoms with Gasteiger partial charge in [-0.05, 0) is 24.3 Å². The van der Waals surface area contributed by atoms with Crippen LogP contribution in [-0.2, 0) is 4.79 Å². The molecule has 5 heteroatoms. The molecule has 0 saturated carbocycles. The predicted molar refractivity (Wildman–Crippen MR) is 71.0 cm³/mol. The highest BCUT2D eigenvalue weighted by Crippen LogP contribution is 2.21. The van der Waals surface area contributed by atoms with E-state index in [1.165, 1.54) is 4.90 Å². The van der Waals surface area contributed by atoms with Gasteiger partial charge < -0.3 is 0 Å². The van der Waals surface area contributed by atoms with Gasteiger partial charge in [0.05, 0.1) is 0 Å². The fourth-order valence-corrected chi connectivity index (χ4v) is 1.70. The van der Waals surface area contributed by atoms with Gasteiger partial charge in [-0.3, -0.25) is 4.79 Å². The number of aromatic nitrogens is 2. The Morgan fingerprint density at radius 1 is 1.06 bits per heavy atom. The predicted octanol–water partition coefficient (Wildman–Crippen LogP) is 2.77. The first-order chi connectivity index (χ1) is 8.83. The zero-order valence-electron chi connectivity index (χ0n) is 9.66. The molecule has 2 aromatic rings. The van der Waals surface area contributed by atoms with Crippen LogP contribution in [0.5, 0.6) is 0 Å². The third kappa shape index (κ3) is 2.84. The summed E-state index contributed by atoms with van der Waals surface area (Å²) < 4.78 is 0. The SMILES string of the molecule is O=C(CCCl)N(c1ccccn1)c1ccccn1. The Kier molecular flexibility index (Phi) is 4.25. The van der Waals surface area contributed by atoms with Crippen LogP contribution in [0.2, 0.25) is 0 Å². The monoisotopic (exact) mass is 261 g/mol. The zero-order valence-corrected chi connectivity index (χ0v) is 10.4. The molecule has 0 spiro atoms. The number of hydrogen-bond acceptors (Lipinski definition) is 3. The average molecular weight is 262 g/mol. The van der Waals surface area contributed by atoms with Gasteiger partial charge in [-0.1, -0.05) is 12.1 Å². The van der Waals surface area contributed by atoms with Crippen LogP contribution < -0.4 is 4.90 Å². The topological polar surface area (TPSA) is 46.1 Å². The minimum Gasteiger partial charge on any atom is -0.274 e. The summed E-state index contributed by atoms with van der Waals surface area (Å²) >= 11 is 5.63. The highest BCUT2D eigenvalue weighted by atomic mass is 35.5. The number of carbonyl (C=O) groups is 1. The molecule has 0 unspecified atom stereocenters. The van der Waals surface area contributed by atoms with Crippen LogP contribution in [0.1, 0.15) is 6.42 Å². The van der Waals surface area contributed by atoms with Crippen LogP contribution in [0.15, 0.2) is 48.8 Å². The summed E-state index contributed by atoms with van der Waals surface area (Å²) in [5, 5.41) is 0. The summed E-state index contributed by atoms with van der Waals surface area (Å²) in [4.78, 5) is 21.9. The number of pyridine rings is 2. The Bertz CT molecular complexity index is 465. The van der Waals surface area contributed by atoms with Crippen LogP contribution in [0.4, 0.5) is 11.6 Å². The fraction of sp³-hybridized carbons (Fsp3) is 0.154. The molecule has 0 saturated heterocycles. The Labute approximate surface area is 110 Å². The van der Waals surface area contributed by atoms with Crippen LogP contribution >= 0.6 is 11.6 Å². The molecule has 0 aliphatic carbocycles. The first-order valence-corrected chi connectivity index (χ1v) is 6.07. The maximum Gasteiger partial charge on any atom is 0.235 e. The molecule has 0 bridgehead atoms. The summed E-state index contributed by atoms with van der Waals surface area (Å²) in [6.07, 6.45) is 3.52. The van der Waals surface area contributed by atoms with E-state index in [0.717, 1.165) is 0 Å². The van der Waals surface area contributed by atoms with Crippen molar-refractivity contribution in [1.82, 2.24) is 9.97 Å². The van der Waals surface area contributed by atoms with Crippen LogP contribution in [0.3, 0.4) is 0 Å². The maximum atomic E-state index is 12.1. The Hall–Kier alpha value is -1.94. The molecular formula is C13H12ClN3O. The van der Waals surface area contributed by atoms with Crippen molar-refractivity contribution in [3.8, 4) is 0 Å². The van der Waals surface area contributed by atoms with Gasteiger partial charge in [0, 0.05) is 24.7 Å². The van der Waals surface area contributed by atoms with Crippen molar-refractivity contribution >= 4 is 29.1 Å². The van der Waals surface area contributed by atoms with Gasteiger partial charge in [-0.15, -0.1) is 11.6 Å². The molecule has 0 atom stereocenters. The minimum absolute atomic E-state index is 0.123. The standard InChI is InChI=1S/C13H12ClN3O/c14-8-7-13(18)17(11-5-1-3-9-15-11)12-6-2-4-10-16-12/h1-6,9-10H,7-8H2. The van der Waals surface area contributed by atoms with E-state index in [1.54, 1.807) is 36.7 Å². The first-order valence-electron chi connectivity index (χ1n) is 5.54. The Morgan fingerprint density at radius 2 is 1.61 bits per heavy atom. The van der Waals surface area contributed by atoms with Gasteiger partial charge in [0.2, 0.25) is 5.91 Å². The first kappa shape index (κ1) is 12.5. The smallest absolute Gasteiger partial charge is 0.235 e. The van der Waals surface area contributed by atoms with Gasteiger partial charge in [-0.25, -0.2) is 14.9 Å². The number of amides is 1. The second-order valence-corrected chi connectivity index (χ2v) is 3.92. The molecule has 18 heavy (non-hydrogen) atoms. The van der Waals surface area contributed by atoms with Crippen molar-refractivity contribution in [3.05, 3.63) is 48.8 Å². The van der Waals surface area contributed by atoms with E-state index in [0.29, 0.717) is 11.6 Å². The van der Waals surface area contributed by atoms with Crippen molar-refractivity contribution in [1.29, 1.82) is 0 Å². The molecule has 2 rings (SSSR count). The molecule has 0 aromatic carbocycles. The third-order valence-corrected chi connectivity index (χ3v) is 2.50. The van der Waals surface area contributed by atoms with Crippen molar-refractivity contribution in [2.75, 3.05) is 10.8 Å². The molecule has 1 amide bonds. The van der Waals surface area contributed by atoms with E-state index < -0.39 is 0 Å². The highest BCUT2D eigenvalue weighted by Gasteiger charge is 2.18. The van der Waals surface area contributed by atoms with E-state index in [-0.39, 0.29) is 18.2 Å². The summed E-state index contributed by atoms with van der Waals surface area (Å²) in [5.74, 6) is 1.25. The largest absolute Gasteiger partial charge is 0.274 e. The molecule has 2 heterocycles. The van der Waals surface area contributed by atoms with Crippen molar-refractivity contribution in [2.45, 2.75) is 6.42 Å². The van der Waals surface area contributed by atoms with E-state index in [1.807, 2.05) is 12.1 Å². The van der Waals surface area contributed by atoms with E-state index in [4.69, 9.17) is 11.6 Å². The van der Waals surface area contributed by atoms with Crippen LogP contribution in [0, 0.1) is 0 Å². The van der Waals surface area contributed by atoms with Crippen LogP contribution in [-0.4, -0.2) is 21.8 Å². The molecule has 2 aromatic heterocycles. The number of nitrogens with zero attached hydrogens (tertiary/aromatic N) is 3. The van der Waals surface area contributed by atoms with E-state index in [2.05, 4.69) is 9.97 Å². The van der Waals surface area contributed by atoms with Crippen molar-refractivity contribution in [3.63, 3.8) is 0 Å². The number of hydrogen-bond donors (Lipinski definition) is 0. The lowest BCUT2D eigenvalue weighted by Crippen LogP contribution is -2.27. The molecule has 0 radical (unpaired) electrons. The van der Waals surface area contributed by atoms with Gasteiger partial charge >= 0.3 is 0 Å². The molecule has 0 N–H and O–H groups in total. The van der Waals surface area contributed by atoms with Crippen molar-refractivity contribution < 1.29 is 4.79 Å². The quantitative estimate of drug-likeness (QED) is 0.795. The zero-order chi connectivity index (χ0) is 12.8. The maximum absolute atomic E-state index is 12.1. The molecule has 92 valence electrons. The van der Waals surface area contributed by atoms with Gasteiger partial charge in [0.15, 0.2) is 0 Å². The summed E-state index contributed by atoms with van der Waals surface area (Å²) in [7, 11) is 0. The lowest BCUT2D eigenvalue weighted by Gasteiger charge is -2.20. The normalized spacial score (nSPS) is 10.1. The number of halogens is 1. The lowest BCUT2D eigenvalue weighted by molar-refractivity contribution is -0.117. The lowest BCUT2D eigenvalue weighted by atomic mass is 10.3. The minimum atomic E-state index is -0.123. The Morgan fingerprint density at radius 3 is 2.00 bits per heavy atom. The molecular weight excluding hydrogens is 250 g/mol. The summed E-state index contributed by atoms with van der Waals surface area (Å²) in [5.41, 5.74) is 0. The van der Waals surface area contributed by atoms with Crippen molar-refractivity contribution in [2.24, 2.45) is 0 Å². The number of alkyl halides is 1. The third-order valence-electron chi connectivity index (χ3n) is 2.31. The second-order valence-electron chi connectivity index (χ2n) is 3.54. The van der Waals surface area contributed by atoms with Gasteiger partial charge in [0.25, 0.3) is 0 Å². The number of anilines is 2. The summed E-state index contributed by atoms with van der Waals surface area (Å²) in [6, 6.07) is 10.8. The van der Waals surface area contributed by atoms with Gasteiger partial charge in [-0.2, -0.15) is 0 Å². The molecule has 0 aliphatic heterocycles. The van der Waals surface area contributed by atoms with E-state index >= 15 is 0 Å². The van der Waals surface area contributed by atoms with Gasteiger partial charge in [0.1, 0.15) is 11.6 Å². The molecule has 0 fully saturated rings. The molecule has 0 aliphatic rings. The average Bonchev–Trinajstić information content (AvgIpc) is 2.42. The molecule has 4 nitrogen and oxygen atoms in total. The number of carbonyl (C=O) groups excluding carboxylic acids is 1. The van der Waals surface area contributed by atoms with Crippen LogP contribution in [0.25, 0.3) is 0 Å².